The fraction of sp³-hybridized carbons (Fsp3) is 0.667. The van der Waals surface area contributed by atoms with E-state index in [2.05, 4.69) is 10.6 Å². The standard InChI is InChI=1S/C9H12N2O3S2/c12-7-5(1-3-15-7)10-9(14)11-6-2-4-16-8(6)13/h5-6H,1-4H2,(H2,10,11,14). The molecular formula is C9H12N2O3S2. The van der Waals surface area contributed by atoms with E-state index >= 15 is 0 Å². The van der Waals surface area contributed by atoms with Crippen molar-refractivity contribution in [3.8, 4) is 0 Å². The average molecular weight is 260 g/mol. The summed E-state index contributed by atoms with van der Waals surface area (Å²) in [6.07, 6.45) is 1.34. The van der Waals surface area contributed by atoms with E-state index in [0.717, 1.165) is 11.5 Å². The van der Waals surface area contributed by atoms with Gasteiger partial charge in [0, 0.05) is 11.5 Å². The Morgan fingerprint density at radius 1 is 1.00 bits per heavy atom. The van der Waals surface area contributed by atoms with Gasteiger partial charge >= 0.3 is 6.03 Å². The summed E-state index contributed by atoms with van der Waals surface area (Å²) in [5.41, 5.74) is 0. The quantitative estimate of drug-likeness (QED) is 0.749. The Morgan fingerprint density at radius 2 is 1.44 bits per heavy atom. The van der Waals surface area contributed by atoms with Crippen LogP contribution in [0.5, 0.6) is 0 Å². The molecule has 0 bridgehead atoms. The molecule has 7 heteroatoms. The molecule has 2 rings (SSSR count). The molecule has 2 aliphatic rings. The van der Waals surface area contributed by atoms with Gasteiger partial charge in [-0.3, -0.25) is 9.59 Å². The molecule has 88 valence electrons. The molecule has 2 heterocycles. The highest BCUT2D eigenvalue weighted by Crippen LogP contribution is 2.20. The molecule has 0 aromatic carbocycles. The van der Waals surface area contributed by atoms with E-state index in [0.29, 0.717) is 12.8 Å². The maximum Gasteiger partial charge on any atom is 0.316 e. The molecular weight excluding hydrogens is 248 g/mol. The molecule has 0 radical (unpaired) electrons. The molecule has 0 saturated carbocycles. The first-order valence-corrected chi connectivity index (χ1v) is 7.04. The molecule has 2 unspecified atom stereocenters. The minimum Gasteiger partial charge on any atom is -0.327 e. The number of carbonyl (C=O) groups is 3. The number of rotatable bonds is 2. The molecule has 2 aliphatic heterocycles. The molecule has 0 aromatic heterocycles. The largest absolute Gasteiger partial charge is 0.327 e. The summed E-state index contributed by atoms with van der Waals surface area (Å²) in [5, 5.41) is 5.19. The van der Waals surface area contributed by atoms with Crippen LogP contribution in [0.3, 0.4) is 0 Å². The summed E-state index contributed by atoms with van der Waals surface area (Å²) in [6.45, 7) is 0. The van der Waals surface area contributed by atoms with Gasteiger partial charge in [-0.05, 0) is 12.8 Å². The Balaban J connectivity index is 1.79. The first-order valence-electron chi connectivity index (χ1n) is 5.07. The maximum absolute atomic E-state index is 11.5. The van der Waals surface area contributed by atoms with Crippen LogP contribution in [0.2, 0.25) is 0 Å². The Labute approximate surface area is 101 Å². The summed E-state index contributed by atoms with van der Waals surface area (Å²) in [7, 11) is 0. The van der Waals surface area contributed by atoms with Crippen LogP contribution in [0.4, 0.5) is 4.79 Å². The number of urea groups is 1. The Bertz CT molecular complexity index is 305. The van der Waals surface area contributed by atoms with Crippen LogP contribution in [0.1, 0.15) is 12.8 Å². The predicted octanol–water partition coefficient (Wildman–Crippen LogP) is 0.350. The lowest BCUT2D eigenvalue weighted by molar-refractivity contribution is -0.112. The summed E-state index contributed by atoms with van der Waals surface area (Å²) in [6, 6.07) is -1.20. The molecule has 0 spiro atoms. The zero-order chi connectivity index (χ0) is 11.5. The SMILES string of the molecule is O=C(NC1CCSC1=O)NC1CCSC1=O. The van der Waals surface area contributed by atoms with Gasteiger partial charge in [-0.15, -0.1) is 0 Å². The molecule has 2 saturated heterocycles. The smallest absolute Gasteiger partial charge is 0.316 e. The molecule has 2 N–H and O–H groups in total. The zero-order valence-corrected chi connectivity index (χ0v) is 10.2. The van der Waals surface area contributed by atoms with E-state index in [4.69, 9.17) is 0 Å². The third kappa shape index (κ3) is 2.70. The first kappa shape index (κ1) is 11.8. The second-order valence-corrected chi connectivity index (χ2v) is 5.83. The van der Waals surface area contributed by atoms with Gasteiger partial charge in [-0.25, -0.2) is 4.79 Å². The van der Waals surface area contributed by atoms with Crippen molar-refractivity contribution < 1.29 is 14.4 Å². The van der Waals surface area contributed by atoms with Gasteiger partial charge in [0.1, 0.15) is 12.1 Å². The number of thioether (sulfide) groups is 2. The highest BCUT2D eigenvalue weighted by molar-refractivity contribution is 8.14. The van der Waals surface area contributed by atoms with Crippen molar-refractivity contribution in [2.45, 2.75) is 24.9 Å². The fourth-order valence-electron chi connectivity index (χ4n) is 1.61. The van der Waals surface area contributed by atoms with Crippen molar-refractivity contribution in [1.29, 1.82) is 0 Å². The van der Waals surface area contributed by atoms with E-state index in [-0.39, 0.29) is 10.2 Å². The van der Waals surface area contributed by atoms with Crippen LogP contribution in [-0.4, -0.2) is 39.9 Å². The third-order valence-electron chi connectivity index (χ3n) is 2.48. The summed E-state index contributed by atoms with van der Waals surface area (Å²) in [4.78, 5) is 34.0. The van der Waals surface area contributed by atoms with Crippen molar-refractivity contribution in [2.24, 2.45) is 0 Å². The highest BCUT2D eigenvalue weighted by Gasteiger charge is 2.30. The van der Waals surface area contributed by atoms with Crippen LogP contribution in [-0.2, 0) is 9.59 Å². The number of hydrogen-bond donors (Lipinski definition) is 2. The predicted molar refractivity (Wildman–Crippen MR) is 63.4 cm³/mol. The molecule has 2 amide bonds. The maximum atomic E-state index is 11.5. The van der Waals surface area contributed by atoms with Crippen molar-refractivity contribution in [2.75, 3.05) is 11.5 Å². The molecule has 2 fully saturated rings. The van der Waals surface area contributed by atoms with Gasteiger partial charge in [-0.2, -0.15) is 0 Å². The Hall–Kier alpha value is -0.690. The van der Waals surface area contributed by atoms with Crippen LogP contribution < -0.4 is 10.6 Å². The molecule has 2 atom stereocenters. The van der Waals surface area contributed by atoms with Crippen molar-refractivity contribution >= 4 is 39.8 Å². The summed E-state index contributed by atoms with van der Waals surface area (Å²) < 4.78 is 0. The minimum atomic E-state index is -0.415. The second-order valence-electron chi connectivity index (χ2n) is 3.64. The summed E-state index contributed by atoms with van der Waals surface area (Å²) in [5.74, 6) is 1.50. The third-order valence-corrected chi connectivity index (χ3v) is 4.50. The lowest BCUT2D eigenvalue weighted by Gasteiger charge is -2.14. The van der Waals surface area contributed by atoms with Gasteiger partial charge in [0.05, 0.1) is 0 Å². The van der Waals surface area contributed by atoms with E-state index in [9.17, 15) is 14.4 Å². The normalized spacial score (nSPS) is 29.5. The fourth-order valence-corrected chi connectivity index (χ4v) is 3.48. The van der Waals surface area contributed by atoms with Gasteiger partial charge in [-0.1, -0.05) is 23.5 Å². The van der Waals surface area contributed by atoms with Gasteiger partial charge < -0.3 is 10.6 Å². The zero-order valence-electron chi connectivity index (χ0n) is 8.52. The van der Waals surface area contributed by atoms with E-state index < -0.39 is 18.1 Å². The number of amides is 2. The van der Waals surface area contributed by atoms with E-state index in [1.54, 1.807) is 0 Å². The number of carbonyl (C=O) groups excluding carboxylic acids is 3. The lowest BCUT2D eigenvalue weighted by atomic mass is 10.2. The Kier molecular flexibility index (Phi) is 3.75. The van der Waals surface area contributed by atoms with Crippen LogP contribution in [0.25, 0.3) is 0 Å². The van der Waals surface area contributed by atoms with Gasteiger partial charge in [0.25, 0.3) is 0 Å². The lowest BCUT2D eigenvalue weighted by Crippen LogP contribution is -2.48. The van der Waals surface area contributed by atoms with Gasteiger partial charge in [0.15, 0.2) is 0 Å². The molecule has 0 aliphatic carbocycles. The van der Waals surface area contributed by atoms with Crippen molar-refractivity contribution in [3.63, 3.8) is 0 Å². The number of hydrogen-bond acceptors (Lipinski definition) is 5. The Morgan fingerprint density at radius 3 is 1.75 bits per heavy atom. The van der Waals surface area contributed by atoms with Gasteiger partial charge in [0.2, 0.25) is 10.2 Å². The van der Waals surface area contributed by atoms with Crippen LogP contribution in [0.15, 0.2) is 0 Å². The minimum absolute atomic E-state index is 0.00211. The average Bonchev–Trinajstić information content (AvgIpc) is 2.79. The second kappa shape index (κ2) is 5.09. The topological polar surface area (TPSA) is 75.3 Å². The summed E-state index contributed by atoms with van der Waals surface area (Å²) >= 11 is 2.48. The highest BCUT2D eigenvalue weighted by atomic mass is 32.2. The van der Waals surface area contributed by atoms with E-state index in [1.807, 2.05) is 0 Å². The van der Waals surface area contributed by atoms with Crippen molar-refractivity contribution in [1.82, 2.24) is 10.6 Å². The molecule has 5 nitrogen and oxygen atoms in total. The first-order chi connectivity index (χ1) is 7.66. The van der Waals surface area contributed by atoms with E-state index in [1.165, 1.54) is 23.5 Å². The molecule has 0 aromatic rings. The van der Waals surface area contributed by atoms with Crippen LogP contribution >= 0.6 is 23.5 Å². The monoisotopic (exact) mass is 260 g/mol. The van der Waals surface area contributed by atoms with Crippen molar-refractivity contribution in [3.05, 3.63) is 0 Å². The van der Waals surface area contributed by atoms with Crippen LogP contribution in [0, 0.1) is 0 Å². The number of nitrogens with one attached hydrogen (secondary N) is 2. The molecule has 16 heavy (non-hydrogen) atoms.